The Kier molecular flexibility index (Phi) is 5.76. The molecule has 0 aliphatic carbocycles. The Hall–Kier alpha value is -3.26. The molecule has 1 atom stereocenters. The molecule has 1 amide bonds. The molecular formula is C22H17F2N3O2S. The SMILES string of the molecule is CC(NC(=O)c1oc2ccccc2c1CSc1ncccn1)c1ccc(F)c(F)c1. The minimum absolute atomic E-state index is 0.175. The highest BCUT2D eigenvalue weighted by Crippen LogP contribution is 2.31. The normalized spacial score (nSPS) is 12.1. The van der Waals surface area contributed by atoms with Crippen molar-refractivity contribution >= 4 is 28.6 Å². The number of furan rings is 1. The molecule has 4 aromatic rings. The number of nitrogens with zero attached hydrogens (tertiary/aromatic N) is 2. The molecule has 152 valence electrons. The van der Waals surface area contributed by atoms with E-state index in [1.807, 2.05) is 18.2 Å². The van der Waals surface area contributed by atoms with Crippen LogP contribution < -0.4 is 5.32 Å². The second-order valence-electron chi connectivity index (χ2n) is 6.59. The van der Waals surface area contributed by atoms with Crippen molar-refractivity contribution in [2.24, 2.45) is 0 Å². The smallest absolute Gasteiger partial charge is 0.287 e. The first-order valence-electron chi connectivity index (χ1n) is 9.19. The predicted octanol–water partition coefficient (Wildman–Crippen LogP) is 5.28. The van der Waals surface area contributed by atoms with Crippen LogP contribution in [-0.2, 0) is 5.75 Å². The summed E-state index contributed by atoms with van der Waals surface area (Å²) < 4.78 is 32.6. The fraction of sp³-hybridized carbons (Fsp3) is 0.136. The molecule has 2 heterocycles. The Bertz CT molecular complexity index is 1200. The highest BCUT2D eigenvalue weighted by Gasteiger charge is 2.23. The van der Waals surface area contributed by atoms with Crippen LogP contribution in [0.5, 0.6) is 0 Å². The fourth-order valence-electron chi connectivity index (χ4n) is 3.05. The second-order valence-corrected chi connectivity index (χ2v) is 7.54. The number of hydrogen-bond donors (Lipinski definition) is 1. The van der Waals surface area contributed by atoms with Gasteiger partial charge in [0.25, 0.3) is 5.91 Å². The molecule has 0 aliphatic heterocycles. The molecule has 0 saturated carbocycles. The molecule has 0 radical (unpaired) electrons. The van der Waals surface area contributed by atoms with E-state index >= 15 is 0 Å². The number of thioether (sulfide) groups is 1. The van der Waals surface area contributed by atoms with Gasteiger partial charge in [-0.1, -0.05) is 36.0 Å². The zero-order valence-corrected chi connectivity index (χ0v) is 16.7. The molecule has 0 spiro atoms. The Morgan fingerprint density at radius 3 is 2.63 bits per heavy atom. The lowest BCUT2D eigenvalue weighted by Crippen LogP contribution is -2.27. The van der Waals surface area contributed by atoms with Gasteiger partial charge < -0.3 is 9.73 Å². The summed E-state index contributed by atoms with van der Waals surface area (Å²) in [5.41, 5.74) is 1.76. The van der Waals surface area contributed by atoms with Gasteiger partial charge in [-0.25, -0.2) is 18.7 Å². The molecule has 8 heteroatoms. The van der Waals surface area contributed by atoms with Crippen molar-refractivity contribution in [2.45, 2.75) is 23.9 Å². The summed E-state index contributed by atoms with van der Waals surface area (Å²) in [5.74, 6) is -1.72. The van der Waals surface area contributed by atoms with Gasteiger partial charge in [-0.15, -0.1) is 0 Å². The average Bonchev–Trinajstić information content (AvgIpc) is 3.13. The molecule has 1 N–H and O–H groups in total. The molecule has 2 aromatic carbocycles. The van der Waals surface area contributed by atoms with E-state index in [9.17, 15) is 13.6 Å². The van der Waals surface area contributed by atoms with Crippen LogP contribution in [0, 0.1) is 11.6 Å². The van der Waals surface area contributed by atoms with E-state index in [0.717, 1.165) is 23.1 Å². The number of fused-ring (bicyclic) bond motifs is 1. The summed E-state index contributed by atoms with van der Waals surface area (Å²) >= 11 is 1.39. The molecule has 5 nitrogen and oxygen atoms in total. The third kappa shape index (κ3) is 4.18. The maximum Gasteiger partial charge on any atom is 0.287 e. The molecule has 2 aromatic heterocycles. The lowest BCUT2D eigenvalue weighted by Gasteiger charge is -2.14. The summed E-state index contributed by atoms with van der Waals surface area (Å²) in [6.07, 6.45) is 3.31. The van der Waals surface area contributed by atoms with Gasteiger partial charge in [-0.3, -0.25) is 4.79 Å². The lowest BCUT2D eigenvalue weighted by molar-refractivity contribution is 0.0913. The topological polar surface area (TPSA) is 68.0 Å². The summed E-state index contributed by atoms with van der Waals surface area (Å²) in [6.45, 7) is 1.69. The van der Waals surface area contributed by atoms with Crippen LogP contribution in [-0.4, -0.2) is 15.9 Å². The minimum Gasteiger partial charge on any atom is -0.451 e. The van der Waals surface area contributed by atoms with Gasteiger partial charge >= 0.3 is 0 Å². The summed E-state index contributed by atoms with van der Waals surface area (Å²) in [7, 11) is 0. The van der Waals surface area contributed by atoms with Crippen LogP contribution in [0.4, 0.5) is 8.78 Å². The van der Waals surface area contributed by atoms with E-state index in [-0.39, 0.29) is 5.76 Å². The third-order valence-electron chi connectivity index (χ3n) is 4.58. The lowest BCUT2D eigenvalue weighted by atomic mass is 10.1. The second kappa shape index (κ2) is 8.62. The van der Waals surface area contributed by atoms with Gasteiger partial charge in [0.15, 0.2) is 22.6 Å². The van der Waals surface area contributed by atoms with Gasteiger partial charge in [0.05, 0.1) is 6.04 Å². The quantitative estimate of drug-likeness (QED) is 0.336. The zero-order chi connectivity index (χ0) is 21.1. The predicted molar refractivity (Wildman–Crippen MR) is 110 cm³/mol. The highest BCUT2D eigenvalue weighted by molar-refractivity contribution is 7.98. The number of rotatable bonds is 6. The molecule has 4 rings (SSSR count). The van der Waals surface area contributed by atoms with E-state index in [2.05, 4.69) is 15.3 Å². The van der Waals surface area contributed by atoms with E-state index in [0.29, 0.717) is 22.1 Å². The Morgan fingerprint density at radius 1 is 1.10 bits per heavy atom. The van der Waals surface area contributed by atoms with Gasteiger partial charge in [0.2, 0.25) is 0 Å². The van der Waals surface area contributed by atoms with Gasteiger partial charge in [0, 0.05) is 29.1 Å². The molecule has 1 unspecified atom stereocenters. The monoisotopic (exact) mass is 425 g/mol. The molecule has 0 saturated heterocycles. The van der Waals surface area contributed by atoms with Crippen LogP contribution in [0.25, 0.3) is 11.0 Å². The molecular weight excluding hydrogens is 408 g/mol. The Morgan fingerprint density at radius 2 is 1.87 bits per heavy atom. The summed E-state index contributed by atoms with van der Waals surface area (Å²) in [5, 5.41) is 4.21. The zero-order valence-electron chi connectivity index (χ0n) is 15.9. The average molecular weight is 425 g/mol. The molecule has 0 bridgehead atoms. The Balaban J connectivity index is 1.60. The van der Waals surface area contributed by atoms with Crippen molar-refractivity contribution in [2.75, 3.05) is 0 Å². The molecule has 30 heavy (non-hydrogen) atoms. The maximum absolute atomic E-state index is 13.5. The van der Waals surface area contributed by atoms with E-state index in [1.54, 1.807) is 31.5 Å². The molecule has 0 aliphatic rings. The highest BCUT2D eigenvalue weighted by atomic mass is 32.2. The number of amides is 1. The number of nitrogens with one attached hydrogen (secondary N) is 1. The van der Waals surface area contributed by atoms with Crippen LogP contribution >= 0.6 is 11.8 Å². The van der Waals surface area contributed by atoms with Crippen molar-refractivity contribution < 1.29 is 18.0 Å². The minimum atomic E-state index is -0.961. The van der Waals surface area contributed by atoms with Crippen LogP contribution in [0.3, 0.4) is 0 Å². The van der Waals surface area contributed by atoms with Crippen molar-refractivity contribution in [1.29, 1.82) is 0 Å². The van der Waals surface area contributed by atoms with Crippen molar-refractivity contribution in [3.63, 3.8) is 0 Å². The largest absolute Gasteiger partial charge is 0.451 e. The van der Waals surface area contributed by atoms with E-state index in [1.165, 1.54) is 17.8 Å². The first-order valence-corrected chi connectivity index (χ1v) is 10.2. The van der Waals surface area contributed by atoms with Gasteiger partial charge in [-0.2, -0.15) is 0 Å². The van der Waals surface area contributed by atoms with E-state index in [4.69, 9.17) is 4.42 Å². The Labute approximate surface area is 175 Å². The standard InChI is InChI=1S/C22H17F2N3O2S/c1-13(14-7-8-17(23)18(24)11-14)27-21(28)20-16(12-30-22-25-9-4-10-26-22)15-5-2-3-6-19(15)29-20/h2-11,13H,12H2,1H3,(H,27,28). The molecule has 0 fully saturated rings. The number of aromatic nitrogens is 2. The number of benzene rings is 2. The van der Waals surface area contributed by atoms with E-state index < -0.39 is 23.6 Å². The summed E-state index contributed by atoms with van der Waals surface area (Å²) in [4.78, 5) is 21.4. The van der Waals surface area contributed by atoms with Crippen molar-refractivity contribution in [1.82, 2.24) is 15.3 Å². The number of halogens is 2. The number of para-hydroxylation sites is 1. The first kappa shape index (κ1) is 20.0. The van der Waals surface area contributed by atoms with Gasteiger partial charge in [0.1, 0.15) is 5.58 Å². The van der Waals surface area contributed by atoms with Crippen molar-refractivity contribution in [3.05, 3.63) is 89.4 Å². The number of carbonyl (C=O) groups excluding carboxylic acids is 1. The summed E-state index contributed by atoms with van der Waals surface area (Å²) in [6, 6.07) is 12.1. The third-order valence-corrected chi connectivity index (χ3v) is 5.49. The number of carbonyl (C=O) groups is 1. The number of hydrogen-bond acceptors (Lipinski definition) is 5. The van der Waals surface area contributed by atoms with Crippen LogP contribution in [0.1, 0.15) is 34.6 Å². The van der Waals surface area contributed by atoms with Gasteiger partial charge in [-0.05, 0) is 36.8 Å². The van der Waals surface area contributed by atoms with Crippen molar-refractivity contribution in [3.8, 4) is 0 Å². The van der Waals surface area contributed by atoms with Crippen LogP contribution in [0.2, 0.25) is 0 Å². The van der Waals surface area contributed by atoms with Crippen LogP contribution in [0.15, 0.2) is 70.5 Å². The fourth-order valence-corrected chi connectivity index (χ4v) is 3.88. The first-order chi connectivity index (χ1) is 14.5. The maximum atomic E-state index is 13.5.